The molecule has 2 aliphatic rings. The zero-order chi connectivity index (χ0) is 29.9. The fourth-order valence-corrected chi connectivity index (χ4v) is 6.15. The molecule has 0 saturated carbocycles. The third kappa shape index (κ3) is 6.52. The van der Waals surface area contributed by atoms with E-state index in [0.717, 1.165) is 4.90 Å². The number of thioether (sulfide) groups is 1. The van der Waals surface area contributed by atoms with E-state index in [0.29, 0.717) is 16.9 Å². The van der Waals surface area contributed by atoms with Gasteiger partial charge in [0.05, 0.1) is 11.7 Å². The van der Waals surface area contributed by atoms with Gasteiger partial charge in [0.1, 0.15) is 28.1 Å². The van der Waals surface area contributed by atoms with Crippen LogP contribution in [0.4, 0.5) is 18.3 Å². The van der Waals surface area contributed by atoms with Crippen LogP contribution in [0.2, 0.25) is 4.34 Å². The number of carbonyl (C=O) groups is 4. The fraction of sp³-hybridized carbons (Fsp3) is 0.261. The Morgan fingerprint density at radius 1 is 1.32 bits per heavy atom. The minimum Gasteiger partial charge on any atom is -0.543 e. The molecule has 3 amide bonds. The monoisotopic (exact) mass is 630 g/mol. The highest BCUT2D eigenvalue weighted by molar-refractivity contribution is 8.00. The molecule has 18 heteroatoms. The summed E-state index contributed by atoms with van der Waals surface area (Å²) >= 11 is 7.72. The molecule has 0 radical (unpaired) electrons. The lowest BCUT2D eigenvalue weighted by atomic mass is 10.0. The Labute approximate surface area is 242 Å². The second kappa shape index (κ2) is 12.3. The summed E-state index contributed by atoms with van der Waals surface area (Å²) in [5, 5.41) is 18.2. The number of aliphatic carboxylic acids is 1. The van der Waals surface area contributed by atoms with Gasteiger partial charge in [-0.1, -0.05) is 46.8 Å². The Balaban J connectivity index is 1.55. The summed E-state index contributed by atoms with van der Waals surface area (Å²) in [5.41, 5.74) is -0.891. The summed E-state index contributed by atoms with van der Waals surface area (Å²) in [4.78, 5) is 59.3. The van der Waals surface area contributed by atoms with Gasteiger partial charge in [0.25, 0.3) is 11.8 Å². The van der Waals surface area contributed by atoms with Gasteiger partial charge in [-0.25, -0.2) is 9.55 Å². The summed E-state index contributed by atoms with van der Waals surface area (Å²) in [6.45, 7) is 3.45. The van der Waals surface area contributed by atoms with E-state index >= 15 is 0 Å². The number of oxime groups is 1. The van der Waals surface area contributed by atoms with Crippen molar-refractivity contribution in [3.8, 4) is 0 Å². The van der Waals surface area contributed by atoms with Crippen molar-refractivity contribution in [2.45, 2.75) is 24.1 Å². The Morgan fingerprint density at radius 2 is 2.02 bits per heavy atom. The Hall–Kier alpha value is -3.96. The van der Waals surface area contributed by atoms with Crippen LogP contribution in [-0.2, 0) is 30.6 Å². The predicted molar refractivity (Wildman–Crippen MR) is 138 cm³/mol. The van der Waals surface area contributed by atoms with Gasteiger partial charge in [0.15, 0.2) is 29.8 Å². The molecule has 1 fully saturated rings. The van der Waals surface area contributed by atoms with Crippen LogP contribution in [-0.4, -0.2) is 69.2 Å². The topological polar surface area (TPSA) is 157 Å². The highest BCUT2D eigenvalue weighted by Crippen LogP contribution is 2.40. The Bertz CT molecular complexity index is 1470. The molecule has 0 bridgehead atoms. The lowest BCUT2D eigenvalue weighted by molar-refractivity contribution is -0.689. The van der Waals surface area contributed by atoms with Crippen molar-refractivity contribution in [2.24, 2.45) is 5.16 Å². The number of carboxylic acids is 1. The number of rotatable bonds is 10. The second-order valence-electron chi connectivity index (χ2n) is 8.27. The van der Waals surface area contributed by atoms with Crippen LogP contribution in [0.1, 0.15) is 5.69 Å². The molecule has 0 aliphatic carbocycles. The number of β-lactam (4-membered cyclic amide) rings is 1. The van der Waals surface area contributed by atoms with Crippen LogP contribution in [0.5, 0.6) is 0 Å². The molecule has 4 heterocycles. The van der Waals surface area contributed by atoms with Crippen LogP contribution < -0.4 is 20.3 Å². The lowest BCUT2D eigenvalue weighted by Crippen LogP contribution is -2.71. The molecule has 12 nitrogen and oxygen atoms in total. The number of carboxylic acid groups (broad SMARTS) is 1. The average Bonchev–Trinajstić information content (AvgIpc) is 3.28. The van der Waals surface area contributed by atoms with E-state index in [2.05, 4.69) is 22.0 Å². The van der Waals surface area contributed by atoms with Gasteiger partial charge in [-0.15, -0.1) is 11.8 Å². The lowest BCUT2D eigenvalue weighted by Gasteiger charge is -2.50. The number of nitrogens with zero attached hydrogens (tertiary/aromatic N) is 4. The number of alkyl halides is 3. The maximum atomic E-state index is 13.2. The Kier molecular flexibility index (Phi) is 8.98. The minimum atomic E-state index is -5.20. The average molecular weight is 631 g/mol. The molecule has 0 aromatic carbocycles. The van der Waals surface area contributed by atoms with Crippen molar-refractivity contribution in [3.63, 3.8) is 0 Å². The van der Waals surface area contributed by atoms with Gasteiger partial charge in [-0.2, -0.15) is 13.2 Å². The number of thiazole rings is 1. The SMILES string of the molecule is C=CCON=C(C(=O)NC1C(=O)N2C(C(=O)[O-])=C(C[n+]3ccccc3)CS[C@@H]12)c1nc(NC(=O)C(F)(F)F)sc1Cl. The first-order valence-corrected chi connectivity index (χ1v) is 13.7. The normalized spacial score (nSPS) is 18.8. The number of hydrogen-bond donors (Lipinski definition) is 2. The van der Waals surface area contributed by atoms with E-state index in [4.69, 9.17) is 16.4 Å². The molecule has 216 valence electrons. The molecule has 1 saturated heterocycles. The molecule has 2 aromatic rings. The largest absolute Gasteiger partial charge is 0.543 e. The molecule has 1 unspecified atom stereocenters. The predicted octanol–water partition coefficient (Wildman–Crippen LogP) is 0.596. The number of amides is 3. The molecular formula is C23H18ClF3N6O6S2. The van der Waals surface area contributed by atoms with Crippen molar-refractivity contribution >= 4 is 69.2 Å². The summed E-state index contributed by atoms with van der Waals surface area (Å²) in [5.74, 6) is -5.42. The fourth-order valence-electron chi connectivity index (χ4n) is 3.78. The van der Waals surface area contributed by atoms with Crippen LogP contribution in [0.25, 0.3) is 0 Å². The molecular weight excluding hydrogens is 613 g/mol. The summed E-state index contributed by atoms with van der Waals surface area (Å²) in [7, 11) is 0. The van der Waals surface area contributed by atoms with E-state index in [1.165, 1.54) is 23.2 Å². The van der Waals surface area contributed by atoms with Crippen molar-refractivity contribution in [1.82, 2.24) is 15.2 Å². The molecule has 4 rings (SSSR count). The highest BCUT2D eigenvalue weighted by Gasteiger charge is 2.53. The first kappa shape index (κ1) is 30.0. The van der Waals surface area contributed by atoms with Crippen molar-refractivity contribution < 1.29 is 46.9 Å². The van der Waals surface area contributed by atoms with Gasteiger partial charge in [0, 0.05) is 23.5 Å². The molecule has 2 aliphatic heterocycles. The number of halogens is 4. The quantitative estimate of drug-likeness (QED) is 0.0965. The van der Waals surface area contributed by atoms with E-state index in [1.54, 1.807) is 35.2 Å². The molecule has 0 spiro atoms. The number of nitrogens with one attached hydrogen (secondary N) is 2. The third-order valence-electron chi connectivity index (χ3n) is 5.53. The highest BCUT2D eigenvalue weighted by atomic mass is 35.5. The van der Waals surface area contributed by atoms with Gasteiger partial charge >= 0.3 is 12.1 Å². The van der Waals surface area contributed by atoms with Gasteiger partial charge < -0.3 is 20.1 Å². The first-order chi connectivity index (χ1) is 19.4. The number of anilines is 1. The van der Waals surface area contributed by atoms with Crippen molar-refractivity contribution in [3.05, 3.63) is 64.5 Å². The first-order valence-electron chi connectivity index (χ1n) is 11.4. The van der Waals surface area contributed by atoms with Gasteiger partial charge in [-0.05, 0) is 0 Å². The van der Waals surface area contributed by atoms with E-state index < -0.39 is 57.8 Å². The van der Waals surface area contributed by atoms with E-state index in [1.807, 2.05) is 0 Å². The molecule has 2 aromatic heterocycles. The van der Waals surface area contributed by atoms with Gasteiger partial charge in [-0.3, -0.25) is 24.6 Å². The van der Waals surface area contributed by atoms with Crippen molar-refractivity contribution in [2.75, 3.05) is 17.7 Å². The standard InChI is InChI=1S/C23H18ClF3N6O6S2/c1-2-8-39-31-13(12-16(24)41-22(29-12)30-21(38)23(25,26)27)17(34)28-14-18(35)33-15(20(36)37)11(10-40-19(14)33)9-32-6-4-3-5-7-32/h2-7,14,19H,1,8-10H2,(H2-,28,29,30,34,36,37,38)/t14?,19-/m0/s1. The zero-order valence-electron chi connectivity index (χ0n) is 20.5. The Morgan fingerprint density at radius 3 is 2.66 bits per heavy atom. The van der Waals surface area contributed by atoms with Crippen LogP contribution >= 0.6 is 34.7 Å². The molecule has 2 atom stereocenters. The smallest absolute Gasteiger partial charge is 0.471 e. The minimum absolute atomic E-state index is 0.174. The van der Waals surface area contributed by atoms with E-state index in [-0.39, 0.29) is 28.9 Å². The number of aromatic nitrogens is 2. The second-order valence-corrected chi connectivity index (χ2v) is 11.0. The molecule has 2 N–H and O–H groups in total. The summed E-state index contributed by atoms with van der Waals surface area (Å²) in [6.07, 6.45) is -0.444. The van der Waals surface area contributed by atoms with Crippen LogP contribution in [0.3, 0.4) is 0 Å². The third-order valence-corrected chi connectivity index (χ3v) is 8.04. The summed E-state index contributed by atoms with van der Waals surface area (Å²) < 4.78 is 39.3. The maximum absolute atomic E-state index is 13.2. The van der Waals surface area contributed by atoms with Crippen LogP contribution in [0.15, 0.2) is 59.7 Å². The summed E-state index contributed by atoms with van der Waals surface area (Å²) in [6, 6.07) is 4.12. The van der Waals surface area contributed by atoms with Crippen LogP contribution in [0, 0.1) is 0 Å². The van der Waals surface area contributed by atoms with Crippen molar-refractivity contribution in [1.29, 1.82) is 0 Å². The number of fused-ring (bicyclic) bond motifs is 1. The number of pyridine rings is 1. The van der Waals surface area contributed by atoms with Gasteiger partial charge in [0.2, 0.25) is 0 Å². The maximum Gasteiger partial charge on any atom is 0.471 e. The molecule has 41 heavy (non-hydrogen) atoms. The number of hydrogen-bond acceptors (Lipinski definition) is 10. The number of carbonyl (C=O) groups excluding carboxylic acids is 4. The zero-order valence-corrected chi connectivity index (χ0v) is 22.9. The van der Waals surface area contributed by atoms with E-state index in [9.17, 15) is 37.5 Å².